The Balaban J connectivity index is 2.62. The van der Waals surface area contributed by atoms with Gasteiger partial charge in [-0.15, -0.1) is 50.6 Å². The van der Waals surface area contributed by atoms with Gasteiger partial charge in [0.15, 0.2) is 0 Å². The lowest BCUT2D eigenvalue weighted by atomic mass is 10.0. The molecule has 0 unspecified atom stereocenters. The van der Waals surface area contributed by atoms with Crippen molar-refractivity contribution in [1.29, 1.82) is 0 Å². The zero-order chi connectivity index (χ0) is 24.9. The molecule has 2 rings (SSSR count). The second-order valence-corrected chi connectivity index (χ2v) is 16.8. The second kappa shape index (κ2) is 13.4. The highest BCUT2D eigenvalue weighted by atomic mass is 28.3. The normalized spacial score (nSPS) is 10.7. The molecule has 0 heterocycles. The third-order valence-corrected chi connectivity index (χ3v) is 13.8. The lowest BCUT2D eigenvalue weighted by Gasteiger charge is -2.21. The van der Waals surface area contributed by atoms with Crippen molar-refractivity contribution in [2.45, 2.75) is 36.3 Å². The SMILES string of the molecule is C=CC[Si](C#Cc1ccc(C#C[Si](CC=C)(CC=C)CC=C)c2ccccc12)(CC=C)CC=C. The summed E-state index contributed by atoms with van der Waals surface area (Å²) in [5.74, 6) is 7.07. The average molecular weight is 477 g/mol. The van der Waals surface area contributed by atoms with Gasteiger partial charge in [0, 0.05) is 11.1 Å². The van der Waals surface area contributed by atoms with E-state index >= 15 is 0 Å². The fourth-order valence-electron chi connectivity index (χ4n) is 4.38. The van der Waals surface area contributed by atoms with Gasteiger partial charge in [0.1, 0.15) is 16.1 Å². The van der Waals surface area contributed by atoms with Gasteiger partial charge in [-0.1, -0.05) is 72.6 Å². The summed E-state index contributed by atoms with van der Waals surface area (Å²) in [6.45, 7) is 23.8. The van der Waals surface area contributed by atoms with Crippen LogP contribution >= 0.6 is 0 Å². The largest absolute Gasteiger partial charge is 0.149 e. The molecule has 0 saturated heterocycles. The Bertz CT molecular complexity index is 1040. The molecule has 0 aliphatic carbocycles. The Kier molecular flexibility index (Phi) is 10.6. The summed E-state index contributed by atoms with van der Waals surface area (Å²) in [4.78, 5) is 0. The number of benzene rings is 2. The number of fused-ring (bicyclic) bond motifs is 1. The highest BCUT2D eigenvalue weighted by Crippen LogP contribution is 2.26. The lowest BCUT2D eigenvalue weighted by molar-refractivity contribution is 1.40. The first-order valence-corrected chi connectivity index (χ1v) is 17.0. The van der Waals surface area contributed by atoms with Crippen LogP contribution in [0.3, 0.4) is 0 Å². The van der Waals surface area contributed by atoms with Gasteiger partial charge in [0.2, 0.25) is 0 Å². The first-order chi connectivity index (χ1) is 16.5. The van der Waals surface area contributed by atoms with Crippen molar-refractivity contribution in [3.63, 3.8) is 0 Å². The molecule has 0 aromatic heterocycles. The minimum atomic E-state index is -1.91. The van der Waals surface area contributed by atoms with E-state index in [1.54, 1.807) is 0 Å². The van der Waals surface area contributed by atoms with Gasteiger partial charge in [0.05, 0.1) is 0 Å². The van der Waals surface area contributed by atoms with E-state index in [1.807, 2.05) is 36.5 Å². The molecule has 2 aromatic carbocycles. The highest BCUT2D eigenvalue weighted by molar-refractivity contribution is 6.88. The molecule has 34 heavy (non-hydrogen) atoms. The Hall–Kier alpha value is -3.31. The van der Waals surface area contributed by atoms with Crippen molar-refractivity contribution in [3.05, 3.63) is 123 Å². The maximum atomic E-state index is 3.97. The number of rotatable bonds is 12. The Morgan fingerprint density at radius 3 is 1.06 bits per heavy atom. The van der Waals surface area contributed by atoms with Crippen LogP contribution in [-0.2, 0) is 0 Å². The van der Waals surface area contributed by atoms with Crippen LogP contribution in [0.25, 0.3) is 10.8 Å². The van der Waals surface area contributed by atoms with Crippen molar-refractivity contribution in [3.8, 4) is 22.9 Å². The topological polar surface area (TPSA) is 0 Å². The van der Waals surface area contributed by atoms with Crippen molar-refractivity contribution in [2.75, 3.05) is 0 Å². The third-order valence-electron chi connectivity index (χ3n) is 6.06. The minimum Gasteiger partial charge on any atom is -0.125 e. The lowest BCUT2D eigenvalue weighted by Crippen LogP contribution is -2.30. The molecule has 0 fully saturated rings. The molecule has 0 saturated carbocycles. The van der Waals surface area contributed by atoms with E-state index < -0.39 is 16.1 Å². The first-order valence-electron chi connectivity index (χ1n) is 11.8. The van der Waals surface area contributed by atoms with Gasteiger partial charge in [-0.2, -0.15) is 0 Å². The molecule has 2 heteroatoms. The van der Waals surface area contributed by atoms with Crippen LogP contribution in [0.15, 0.2) is 112 Å². The fraction of sp³-hybridized carbons (Fsp3) is 0.188. The predicted octanol–water partition coefficient (Wildman–Crippen LogP) is 8.63. The van der Waals surface area contributed by atoms with Gasteiger partial charge in [-0.3, -0.25) is 0 Å². The molecule has 0 amide bonds. The molecule has 2 aromatic rings. The molecule has 0 aliphatic rings. The summed E-state index contributed by atoms with van der Waals surface area (Å²) >= 11 is 0. The molecular weight excluding hydrogens is 441 g/mol. The van der Waals surface area contributed by atoms with Gasteiger partial charge < -0.3 is 0 Å². The molecule has 172 valence electrons. The van der Waals surface area contributed by atoms with Crippen molar-refractivity contribution in [2.24, 2.45) is 0 Å². The van der Waals surface area contributed by atoms with Gasteiger partial charge in [-0.25, -0.2) is 0 Å². The molecule has 0 radical (unpaired) electrons. The van der Waals surface area contributed by atoms with Crippen LogP contribution in [-0.4, -0.2) is 16.1 Å². The maximum absolute atomic E-state index is 3.97. The monoisotopic (exact) mass is 476 g/mol. The molecule has 0 bridgehead atoms. The molecule has 0 spiro atoms. The van der Waals surface area contributed by atoms with E-state index in [4.69, 9.17) is 0 Å². The van der Waals surface area contributed by atoms with Crippen molar-refractivity contribution < 1.29 is 0 Å². The molecule has 0 aliphatic heterocycles. The van der Waals surface area contributed by atoms with Crippen molar-refractivity contribution >= 4 is 26.9 Å². The zero-order valence-electron chi connectivity index (χ0n) is 20.4. The van der Waals surface area contributed by atoms with Crippen LogP contribution < -0.4 is 0 Å². The standard InChI is InChI=1S/C32H36Si2/c1-7-21-33(22-8-2,23-9-3)27-19-29-17-18-30(32-16-14-13-15-31(29)32)20-28-34(24-10-4,25-11-5)26-12-6/h7-18H,1-6,21-26H2. The van der Waals surface area contributed by atoms with E-state index in [9.17, 15) is 0 Å². The van der Waals surface area contributed by atoms with E-state index in [2.05, 4.69) is 98.8 Å². The number of hydrogen-bond donors (Lipinski definition) is 0. The maximum Gasteiger partial charge on any atom is 0.149 e. The third kappa shape index (κ3) is 6.85. The van der Waals surface area contributed by atoms with E-state index in [0.717, 1.165) is 58.2 Å². The highest BCUT2D eigenvalue weighted by Gasteiger charge is 2.28. The Labute approximate surface area is 209 Å². The fourth-order valence-corrected chi connectivity index (χ4v) is 10.1. The smallest absolute Gasteiger partial charge is 0.125 e. The van der Waals surface area contributed by atoms with Crippen LogP contribution in [0.2, 0.25) is 36.3 Å². The molecule has 0 N–H and O–H groups in total. The van der Waals surface area contributed by atoms with Crippen molar-refractivity contribution in [1.82, 2.24) is 0 Å². The van der Waals surface area contributed by atoms with Crippen LogP contribution in [0, 0.1) is 22.9 Å². The Morgan fingerprint density at radius 1 is 0.500 bits per heavy atom. The molecule has 0 nitrogen and oxygen atoms in total. The summed E-state index contributed by atoms with van der Waals surface area (Å²) in [7, 11) is -3.83. The van der Waals surface area contributed by atoms with E-state index in [0.29, 0.717) is 0 Å². The Morgan fingerprint density at radius 2 is 0.794 bits per heavy atom. The summed E-state index contributed by atoms with van der Waals surface area (Å²) in [6, 6.07) is 18.3. The molecular formula is C32H36Si2. The summed E-state index contributed by atoms with van der Waals surface area (Å²) in [5.41, 5.74) is 9.45. The number of allylic oxidation sites excluding steroid dienone is 6. The van der Waals surface area contributed by atoms with Gasteiger partial charge in [0.25, 0.3) is 0 Å². The van der Waals surface area contributed by atoms with Crippen LogP contribution in [0.1, 0.15) is 11.1 Å². The number of hydrogen-bond acceptors (Lipinski definition) is 0. The van der Waals surface area contributed by atoms with Crippen LogP contribution in [0.5, 0.6) is 0 Å². The summed E-state index contributed by atoms with van der Waals surface area (Å²) in [5, 5.41) is 2.29. The quantitative estimate of drug-likeness (QED) is 0.163. The minimum absolute atomic E-state index is 0.933. The first kappa shape index (κ1) is 26.9. The summed E-state index contributed by atoms with van der Waals surface area (Å²) in [6.07, 6.45) is 12.0. The summed E-state index contributed by atoms with van der Waals surface area (Å²) < 4.78 is 0. The molecule has 0 atom stereocenters. The average Bonchev–Trinajstić information content (AvgIpc) is 2.83. The van der Waals surface area contributed by atoms with Gasteiger partial charge in [-0.05, 0) is 59.2 Å². The van der Waals surface area contributed by atoms with Gasteiger partial charge >= 0.3 is 0 Å². The predicted molar refractivity (Wildman–Crippen MR) is 159 cm³/mol. The van der Waals surface area contributed by atoms with Crippen LogP contribution in [0.4, 0.5) is 0 Å². The second-order valence-electron chi connectivity index (χ2n) is 8.72. The zero-order valence-corrected chi connectivity index (χ0v) is 22.4. The van der Waals surface area contributed by atoms with E-state index in [1.165, 1.54) is 0 Å². The van der Waals surface area contributed by atoms with E-state index in [-0.39, 0.29) is 0 Å².